The minimum atomic E-state index is -1.60. The van der Waals surface area contributed by atoms with Gasteiger partial charge in [-0.05, 0) is 25.7 Å². The Hall–Kier alpha value is -1.42. The Bertz CT molecular complexity index is 543. The Morgan fingerprint density at radius 1 is 1.38 bits per heavy atom. The van der Waals surface area contributed by atoms with Gasteiger partial charge < -0.3 is 10.0 Å². The number of rotatable bonds is 7. The monoisotopic (exact) mass is 335 g/mol. The second-order valence-corrected chi connectivity index (χ2v) is 7.59. The van der Waals surface area contributed by atoms with Crippen LogP contribution in [-0.2, 0) is 9.59 Å². The number of hydrogen-bond donors (Lipinski definition) is 1. The molecule has 0 saturated heterocycles. The van der Waals surface area contributed by atoms with E-state index in [1.807, 2.05) is 11.8 Å². The lowest BCUT2D eigenvalue weighted by atomic mass is 9.78. The predicted octanol–water partition coefficient (Wildman–Crippen LogP) is 3.50. The van der Waals surface area contributed by atoms with Crippen LogP contribution in [0.3, 0.4) is 0 Å². The van der Waals surface area contributed by atoms with Crippen LogP contribution in [0.2, 0.25) is 0 Å². The molecule has 4 heteroatoms. The molecular formula is C20H33NO3. The van der Waals surface area contributed by atoms with Crippen molar-refractivity contribution in [2.75, 3.05) is 6.54 Å². The first-order chi connectivity index (χ1) is 11.1. The molecular weight excluding hydrogens is 302 g/mol. The maximum Gasteiger partial charge on any atom is 0.201 e. The summed E-state index contributed by atoms with van der Waals surface area (Å²) < 4.78 is 0. The fourth-order valence-electron chi connectivity index (χ4n) is 3.35. The average Bonchev–Trinajstić information content (AvgIpc) is 2.48. The molecule has 4 nitrogen and oxygen atoms in total. The summed E-state index contributed by atoms with van der Waals surface area (Å²) in [5.74, 6) is 0.0499. The van der Waals surface area contributed by atoms with Crippen LogP contribution in [0, 0.1) is 11.8 Å². The molecule has 0 spiro atoms. The van der Waals surface area contributed by atoms with E-state index in [0.717, 1.165) is 12.0 Å². The molecule has 0 unspecified atom stereocenters. The fourth-order valence-corrected chi connectivity index (χ4v) is 3.35. The third-order valence-electron chi connectivity index (χ3n) is 4.68. The zero-order chi connectivity index (χ0) is 18.7. The van der Waals surface area contributed by atoms with Gasteiger partial charge in [0.15, 0.2) is 5.78 Å². The van der Waals surface area contributed by atoms with Crippen LogP contribution in [0.4, 0.5) is 0 Å². The van der Waals surface area contributed by atoms with Gasteiger partial charge in [0.2, 0.25) is 5.78 Å². The third-order valence-corrected chi connectivity index (χ3v) is 4.68. The number of allylic oxidation sites excluding steroid dienone is 1. The molecule has 1 rings (SSSR count). The fraction of sp³-hybridized carbons (Fsp3) is 0.700. The van der Waals surface area contributed by atoms with E-state index in [2.05, 4.69) is 33.8 Å². The van der Waals surface area contributed by atoms with Gasteiger partial charge in [-0.3, -0.25) is 9.59 Å². The van der Waals surface area contributed by atoms with Gasteiger partial charge in [-0.25, -0.2) is 0 Å². The van der Waals surface area contributed by atoms with Crippen molar-refractivity contribution in [3.05, 3.63) is 23.4 Å². The summed E-state index contributed by atoms with van der Waals surface area (Å²) in [7, 11) is 0. The molecule has 0 saturated carbocycles. The third kappa shape index (κ3) is 4.35. The summed E-state index contributed by atoms with van der Waals surface area (Å²) in [6.07, 6.45) is 5.06. The summed E-state index contributed by atoms with van der Waals surface area (Å²) in [6, 6.07) is -0.435. The van der Waals surface area contributed by atoms with Crippen molar-refractivity contribution in [1.29, 1.82) is 0 Å². The zero-order valence-corrected chi connectivity index (χ0v) is 16.2. The Morgan fingerprint density at radius 2 is 1.96 bits per heavy atom. The highest BCUT2D eigenvalue weighted by atomic mass is 16.3. The standard InChI is InChI=1S/C20H33NO3/c1-8-14(5)10-15(6)18-20(7,24)19(23)16(17(22)9-2)12-21(18)11-13(3)4/h10,12-14,18,24H,8-9,11H2,1-7H3/b15-10+/t14-,18-,20-/m1/s1. The highest BCUT2D eigenvalue weighted by molar-refractivity contribution is 6.23. The molecule has 1 N–H and O–H groups in total. The Labute approximate surface area is 146 Å². The van der Waals surface area contributed by atoms with E-state index in [-0.39, 0.29) is 17.8 Å². The maximum atomic E-state index is 12.8. The molecule has 0 bridgehead atoms. The quantitative estimate of drug-likeness (QED) is 0.571. The molecule has 1 aliphatic rings. The molecule has 1 aliphatic heterocycles. The van der Waals surface area contributed by atoms with Gasteiger partial charge in [-0.1, -0.05) is 52.7 Å². The van der Waals surface area contributed by atoms with Crippen LogP contribution in [0.15, 0.2) is 23.4 Å². The molecule has 0 amide bonds. The molecule has 136 valence electrons. The van der Waals surface area contributed by atoms with E-state index in [0.29, 0.717) is 18.4 Å². The van der Waals surface area contributed by atoms with Crippen molar-refractivity contribution in [3.8, 4) is 0 Å². The lowest BCUT2D eigenvalue weighted by molar-refractivity contribution is -0.140. The summed E-state index contributed by atoms with van der Waals surface area (Å²) in [5, 5.41) is 11.0. The molecule has 3 atom stereocenters. The van der Waals surface area contributed by atoms with E-state index in [1.54, 1.807) is 13.1 Å². The minimum Gasteiger partial charge on any atom is -0.379 e. The van der Waals surface area contributed by atoms with Gasteiger partial charge >= 0.3 is 0 Å². The molecule has 0 fully saturated rings. The maximum absolute atomic E-state index is 12.8. The predicted molar refractivity (Wildman–Crippen MR) is 97.6 cm³/mol. The number of ketones is 2. The van der Waals surface area contributed by atoms with Crippen LogP contribution < -0.4 is 0 Å². The van der Waals surface area contributed by atoms with Crippen LogP contribution in [0.5, 0.6) is 0 Å². The molecule has 0 aliphatic carbocycles. The van der Waals surface area contributed by atoms with Crippen molar-refractivity contribution in [1.82, 2.24) is 4.90 Å². The molecule has 0 aromatic carbocycles. The van der Waals surface area contributed by atoms with Crippen molar-refractivity contribution in [2.24, 2.45) is 11.8 Å². The van der Waals surface area contributed by atoms with Gasteiger partial charge in [-0.2, -0.15) is 0 Å². The van der Waals surface area contributed by atoms with Crippen LogP contribution in [0.25, 0.3) is 0 Å². The molecule has 1 heterocycles. The van der Waals surface area contributed by atoms with E-state index < -0.39 is 17.4 Å². The normalized spacial score (nSPS) is 26.6. The highest BCUT2D eigenvalue weighted by Crippen LogP contribution is 2.33. The van der Waals surface area contributed by atoms with Crippen LogP contribution in [0.1, 0.15) is 61.3 Å². The second kappa shape index (κ2) is 8.11. The summed E-state index contributed by atoms with van der Waals surface area (Å²) in [5.41, 5.74) is -0.504. The highest BCUT2D eigenvalue weighted by Gasteiger charge is 2.48. The van der Waals surface area contributed by atoms with E-state index in [4.69, 9.17) is 0 Å². The molecule has 0 radical (unpaired) electrons. The van der Waals surface area contributed by atoms with Gasteiger partial charge in [0, 0.05) is 19.2 Å². The Morgan fingerprint density at radius 3 is 2.42 bits per heavy atom. The number of nitrogens with zero attached hydrogens (tertiary/aromatic N) is 1. The topological polar surface area (TPSA) is 57.6 Å². The Balaban J connectivity index is 3.42. The van der Waals surface area contributed by atoms with E-state index in [1.165, 1.54) is 6.92 Å². The summed E-state index contributed by atoms with van der Waals surface area (Å²) in [4.78, 5) is 26.9. The lowest BCUT2D eigenvalue weighted by Crippen LogP contribution is -2.59. The zero-order valence-electron chi connectivity index (χ0n) is 16.2. The van der Waals surface area contributed by atoms with Crippen molar-refractivity contribution < 1.29 is 14.7 Å². The molecule has 0 aromatic rings. The van der Waals surface area contributed by atoms with E-state index >= 15 is 0 Å². The van der Waals surface area contributed by atoms with Crippen LogP contribution >= 0.6 is 0 Å². The van der Waals surface area contributed by atoms with E-state index in [9.17, 15) is 14.7 Å². The van der Waals surface area contributed by atoms with Gasteiger partial charge in [0.25, 0.3) is 0 Å². The average molecular weight is 335 g/mol. The number of carbonyl (C=O) groups is 2. The number of hydrogen-bond acceptors (Lipinski definition) is 4. The summed E-state index contributed by atoms with van der Waals surface area (Å²) in [6.45, 7) is 14.3. The second-order valence-electron chi connectivity index (χ2n) is 7.59. The number of Topliss-reactive ketones (excluding diaryl/α,β-unsaturated/α-hetero) is 2. The van der Waals surface area contributed by atoms with Crippen molar-refractivity contribution >= 4 is 11.6 Å². The largest absolute Gasteiger partial charge is 0.379 e. The van der Waals surface area contributed by atoms with Gasteiger partial charge in [0.05, 0.1) is 11.6 Å². The Kier molecular flexibility index (Phi) is 6.97. The smallest absolute Gasteiger partial charge is 0.201 e. The van der Waals surface area contributed by atoms with Crippen LogP contribution in [-0.4, -0.2) is 39.8 Å². The SMILES string of the molecule is CCC(=O)C1=CN(CC(C)C)[C@H](/C(C)=C/[C@H](C)CC)[C@@](C)(O)C1=O. The molecule has 0 aromatic heterocycles. The first kappa shape index (κ1) is 20.6. The lowest BCUT2D eigenvalue weighted by Gasteiger charge is -2.45. The summed E-state index contributed by atoms with van der Waals surface area (Å²) >= 11 is 0. The van der Waals surface area contributed by atoms with Crippen molar-refractivity contribution in [2.45, 2.75) is 73.0 Å². The molecule has 24 heavy (non-hydrogen) atoms. The minimum absolute atomic E-state index is 0.121. The first-order valence-electron chi connectivity index (χ1n) is 9.02. The number of aliphatic hydroxyl groups is 1. The van der Waals surface area contributed by atoms with Gasteiger partial charge in [-0.15, -0.1) is 0 Å². The van der Waals surface area contributed by atoms with Crippen molar-refractivity contribution in [3.63, 3.8) is 0 Å². The van der Waals surface area contributed by atoms with Gasteiger partial charge in [0.1, 0.15) is 5.60 Å². The number of carbonyl (C=O) groups excluding carboxylic acids is 2. The first-order valence-corrected chi connectivity index (χ1v) is 9.02.